The summed E-state index contributed by atoms with van der Waals surface area (Å²) < 4.78 is 0. The van der Waals surface area contributed by atoms with Crippen molar-refractivity contribution < 1.29 is 4.79 Å². The van der Waals surface area contributed by atoms with Crippen molar-refractivity contribution >= 4 is 11.6 Å². The van der Waals surface area contributed by atoms with E-state index in [-0.39, 0.29) is 11.9 Å². The lowest BCUT2D eigenvalue weighted by Crippen LogP contribution is -2.50. The molecule has 3 aliphatic rings. The molecule has 1 aromatic rings. The minimum absolute atomic E-state index is 0.109. The molecule has 1 amide bonds. The van der Waals surface area contributed by atoms with Gasteiger partial charge in [-0.3, -0.25) is 4.79 Å². The topological polar surface area (TPSA) is 26.8 Å². The number of nitrogens with zero attached hydrogens (tertiary/aromatic N) is 3. The summed E-state index contributed by atoms with van der Waals surface area (Å²) in [6.45, 7) is 9.06. The zero-order valence-corrected chi connectivity index (χ0v) is 18.0. The number of hydrogen-bond acceptors (Lipinski definition) is 3. The number of benzene rings is 1. The van der Waals surface area contributed by atoms with Gasteiger partial charge in [-0.2, -0.15) is 0 Å². The first-order chi connectivity index (χ1) is 13.5. The summed E-state index contributed by atoms with van der Waals surface area (Å²) in [6.07, 6.45) is 9.75. The number of likely N-dealkylation sites (tertiary alicyclic amines) is 1. The lowest BCUT2D eigenvalue weighted by molar-refractivity contribution is 0.0306. The van der Waals surface area contributed by atoms with Gasteiger partial charge >= 0.3 is 0 Å². The van der Waals surface area contributed by atoms with Gasteiger partial charge in [-0.15, -0.1) is 0 Å². The average Bonchev–Trinajstić information content (AvgIpc) is 2.68. The number of amides is 1. The van der Waals surface area contributed by atoms with Crippen molar-refractivity contribution in [2.75, 3.05) is 38.1 Å². The second kappa shape index (κ2) is 8.06. The van der Waals surface area contributed by atoms with E-state index in [1.54, 1.807) is 4.90 Å². The van der Waals surface area contributed by atoms with E-state index >= 15 is 0 Å². The Labute approximate surface area is 170 Å². The van der Waals surface area contributed by atoms with Crippen molar-refractivity contribution in [1.29, 1.82) is 0 Å². The molecule has 2 aliphatic heterocycles. The molecule has 4 rings (SSSR count). The summed E-state index contributed by atoms with van der Waals surface area (Å²) in [7, 11) is 1.88. The fraction of sp³-hybridized carbons (Fsp3) is 0.708. The number of anilines is 1. The monoisotopic (exact) mass is 383 g/mol. The summed E-state index contributed by atoms with van der Waals surface area (Å²) >= 11 is 0. The van der Waals surface area contributed by atoms with Crippen LogP contribution in [0.15, 0.2) is 24.3 Å². The van der Waals surface area contributed by atoms with Crippen LogP contribution < -0.4 is 4.90 Å². The minimum atomic E-state index is 0.109. The lowest BCUT2D eigenvalue weighted by atomic mass is 9.70. The van der Waals surface area contributed by atoms with Crippen LogP contribution in [0.5, 0.6) is 0 Å². The third-order valence-corrected chi connectivity index (χ3v) is 7.85. The van der Waals surface area contributed by atoms with E-state index in [4.69, 9.17) is 0 Å². The van der Waals surface area contributed by atoms with Crippen LogP contribution in [0, 0.1) is 5.41 Å². The number of hydrogen-bond donors (Lipinski definition) is 0. The molecule has 0 radical (unpaired) electrons. The molecule has 28 heavy (non-hydrogen) atoms. The number of piperidine rings is 2. The highest BCUT2D eigenvalue weighted by atomic mass is 16.2. The third-order valence-electron chi connectivity index (χ3n) is 7.85. The molecule has 0 N–H and O–H groups in total. The first-order valence-electron chi connectivity index (χ1n) is 11.3. The second-order valence-electron chi connectivity index (χ2n) is 9.66. The molecule has 2 saturated heterocycles. The van der Waals surface area contributed by atoms with Crippen molar-refractivity contribution in [3.63, 3.8) is 0 Å². The summed E-state index contributed by atoms with van der Waals surface area (Å²) in [6, 6.07) is 9.40. The SMILES string of the molecule is CC(C)N(C)C(=O)c1ccc(N2CCC3(CC2)CCN(C2CCC2)CC3)cc1. The van der Waals surface area contributed by atoms with Crippen molar-refractivity contribution in [2.24, 2.45) is 5.41 Å². The van der Waals surface area contributed by atoms with Gasteiger partial charge in [0.1, 0.15) is 0 Å². The van der Waals surface area contributed by atoms with Gasteiger partial charge in [-0.25, -0.2) is 0 Å². The number of carbonyl (C=O) groups is 1. The summed E-state index contributed by atoms with van der Waals surface area (Å²) in [5.74, 6) is 0.109. The third kappa shape index (κ3) is 3.94. The van der Waals surface area contributed by atoms with Gasteiger partial charge in [-0.1, -0.05) is 6.42 Å². The van der Waals surface area contributed by atoms with Crippen LogP contribution in [0.2, 0.25) is 0 Å². The Morgan fingerprint density at radius 2 is 1.57 bits per heavy atom. The highest BCUT2D eigenvalue weighted by molar-refractivity contribution is 5.94. The highest BCUT2D eigenvalue weighted by Crippen LogP contribution is 2.43. The smallest absolute Gasteiger partial charge is 0.253 e. The summed E-state index contributed by atoms with van der Waals surface area (Å²) in [5, 5.41) is 0. The van der Waals surface area contributed by atoms with E-state index in [1.807, 2.05) is 33.0 Å². The van der Waals surface area contributed by atoms with Crippen LogP contribution in [0.1, 0.15) is 69.2 Å². The Hall–Kier alpha value is -1.55. The molecule has 0 aromatic heterocycles. The van der Waals surface area contributed by atoms with Crippen LogP contribution in [-0.2, 0) is 0 Å². The zero-order chi connectivity index (χ0) is 19.7. The Kier molecular flexibility index (Phi) is 5.69. The molecule has 2 heterocycles. The Bertz CT molecular complexity index is 662. The average molecular weight is 384 g/mol. The van der Waals surface area contributed by atoms with Gasteiger partial charge in [0.05, 0.1) is 0 Å². The van der Waals surface area contributed by atoms with Crippen molar-refractivity contribution in [2.45, 2.75) is 70.9 Å². The maximum absolute atomic E-state index is 12.5. The standard InChI is InChI=1S/C24H37N3O/c1-19(2)25(3)23(28)20-7-9-22(10-8-20)27-17-13-24(14-18-27)11-15-26(16-12-24)21-5-4-6-21/h7-10,19,21H,4-6,11-18H2,1-3H3. The Morgan fingerprint density at radius 1 is 1.00 bits per heavy atom. The number of rotatable bonds is 4. The molecule has 0 bridgehead atoms. The van der Waals surface area contributed by atoms with Crippen LogP contribution in [0.3, 0.4) is 0 Å². The highest BCUT2D eigenvalue weighted by Gasteiger charge is 2.39. The van der Waals surface area contributed by atoms with Gasteiger partial charge in [-0.05, 0) is 95.1 Å². The first kappa shape index (κ1) is 19.8. The van der Waals surface area contributed by atoms with Crippen molar-refractivity contribution in [3.8, 4) is 0 Å². The lowest BCUT2D eigenvalue weighted by Gasteiger charge is -2.50. The molecule has 4 nitrogen and oxygen atoms in total. The van der Waals surface area contributed by atoms with E-state index in [0.29, 0.717) is 5.41 Å². The molecular formula is C24H37N3O. The maximum atomic E-state index is 12.5. The second-order valence-corrected chi connectivity index (χ2v) is 9.66. The van der Waals surface area contributed by atoms with Crippen molar-refractivity contribution in [1.82, 2.24) is 9.80 Å². The zero-order valence-electron chi connectivity index (χ0n) is 18.0. The fourth-order valence-corrected chi connectivity index (χ4v) is 5.11. The molecule has 0 unspecified atom stereocenters. The Morgan fingerprint density at radius 3 is 2.07 bits per heavy atom. The molecule has 1 spiro atoms. The quantitative estimate of drug-likeness (QED) is 0.771. The van der Waals surface area contributed by atoms with E-state index in [9.17, 15) is 4.79 Å². The summed E-state index contributed by atoms with van der Waals surface area (Å²) in [4.78, 5) is 19.6. The molecule has 1 aliphatic carbocycles. The van der Waals surface area contributed by atoms with E-state index in [1.165, 1.54) is 63.7 Å². The van der Waals surface area contributed by atoms with Crippen LogP contribution in [-0.4, -0.2) is 61.0 Å². The van der Waals surface area contributed by atoms with Crippen LogP contribution in [0.25, 0.3) is 0 Å². The largest absolute Gasteiger partial charge is 0.371 e. The molecule has 4 heteroatoms. The first-order valence-corrected chi connectivity index (χ1v) is 11.3. The molecule has 1 saturated carbocycles. The van der Waals surface area contributed by atoms with Gasteiger partial charge in [0.2, 0.25) is 0 Å². The normalized spacial score (nSPS) is 23.1. The van der Waals surface area contributed by atoms with Crippen LogP contribution >= 0.6 is 0 Å². The van der Waals surface area contributed by atoms with E-state index in [2.05, 4.69) is 21.9 Å². The number of carbonyl (C=O) groups excluding carboxylic acids is 1. The summed E-state index contributed by atoms with van der Waals surface area (Å²) in [5.41, 5.74) is 2.65. The maximum Gasteiger partial charge on any atom is 0.253 e. The molecular weight excluding hydrogens is 346 g/mol. The van der Waals surface area contributed by atoms with Gasteiger partial charge in [0, 0.05) is 43.5 Å². The van der Waals surface area contributed by atoms with Crippen molar-refractivity contribution in [3.05, 3.63) is 29.8 Å². The van der Waals surface area contributed by atoms with E-state index in [0.717, 1.165) is 24.7 Å². The predicted molar refractivity (Wildman–Crippen MR) is 116 cm³/mol. The van der Waals surface area contributed by atoms with E-state index < -0.39 is 0 Å². The minimum Gasteiger partial charge on any atom is -0.371 e. The molecule has 0 atom stereocenters. The molecule has 3 fully saturated rings. The molecule has 154 valence electrons. The van der Waals surface area contributed by atoms with Crippen LogP contribution in [0.4, 0.5) is 5.69 Å². The van der Waals surface area contributed by atoms with Gasteiger partial charge in [0.15, 0.2) is 0 Å². The molecule has 1 aromatic carbocycles. The fourth-order valence-electron chi connectivity index (χ4n) is 5.11. The predicted octanol–water partition coefficient (Wildman–Crippen LogP) is 4.40. The van der Waals surface area contributed by atoms with Gasteiger partial charge < -0.3 is 14.7 Å². The Balaban J connectivity index is 1.31. The van der Waals surface area contributed by atoms with Gasteiger partial charge in [0.25, 0.3) is 5.91 Å².